The summed E-state index contributed by atoms with van der Waals surface area (Å²) in [7, 11) is 0. The Morgan fingerprint density at radius 2 is 1.46 bits per heavy atom. The first-order chi connectivity index (χ1) is 12.5. The second kappa shape index (κ2) is 6.12. The molecule has 130 valence electrons. The molecule has 0 aliphatic carbocycles. The van der Waals surface area contributed by atoms with Crippen molar-refractivity contribution >= 4 is 45.8 Å². The molecule has 0 amide bonds. The average molecular weight is 370 g/mol. The Hall–Kier alpha value is -3.46. The zero-order chi connectivity index (χ0) is 18.3. The van der Waals surface area contributed by atoms with Gasteiger partial charge in [0.25, 0.3) is 0 Å². The molecule has 0 atom stereocenters. The number of ether oxygens (including phenoxy) is 2. The van der Waals surface area contributed by atoms with E-state index in [0.717, 1.165) is 11.7 Å². The normalized spacial score (nSPS) is 13.5. The molecule has 0 fully saturated rings. The van der Waals surface area contributed by atoms with Gasteiger partial charge in [0.2, 0.25) is 6.79 Å². The van der Waals surface area contributed by atoms with Crippen LogP contribution in [0.5, 0.6) is 11.5 Å². The minimum absolute atomic E-state index is 0.0319. The van der Waals surface area contributed by atoms with Gasteiger partial charge >= 0.3 is 11.9 Å². The van der Waals surface area contributed by atoms with Crippen molar-refractivity contribution in [3.63, 3.8) is 0 Å². The fourth-order valence-electron chi connectivity index (χ4n) is 2.74. The SMILES string of the molecule is O=C(O)/C(=C(\C(=O)O)c1ccc2nsnc2c1)c1ccc2c(c1)OCO2. The molecule has 1 aliphatic heterocycles. The Bertz CT molecular complexity index is 1090. The third kappa shape index (κ3) is 2.64. The van der Waals surface area contributed by atoms with Gasteiger partial charge < -0.3 is 19.7 Å². The predicted octanol–water partition coefficient (Wildman–Crippen LogP) is 2.50. The number of carboxylic acids is 2. The van der Waals surface area contributed by atoms with Crippen LogP contribution in [0.4, 0.5) is 0 Å². The molecule has 0 saturated carbocycles. The monoisotopic (exact) mass is 370 g/mol. The lowest BCUT2D eigenvalue weighted by molar-refractivity contribution is -0.132. The number of carboxylic acid groups (broad SMARTS) is 2. The van der Waals surface area contributed by atoms with E-state index in [4.69, 9.17) is 9.47 Å². The highest BCUT2D eigenvalue weighted by molar-refractivity contribution is 7.00. The molecule has 2 aromatic carbocycles. The Kier molecular flexibility index (Phi) is 3.77. The number of hydrogen-bond donors (Lipinski definition) is 2. The zero-order valence-electron chi connectivity index (χ0n) is 13.0. The summed E-state index contributed by atoms with van der Waals surface area (Å²) >= 11 is 0.996. The summed E-state index contributed by atoms with van der Waals surface area (Å²) in [5.41, 5.74) is 0.859. The molecule has 0 unspecified atom stereocenters. The standard InChI is InChI=1S/C17H10N2O6S/c20-16(21)14(8-1-3-10-11(5-8)19-26-18-10)15(17(22)23)9-2-4-12-13(6-9)25-7-24-12/h1-6H,7H2,(H,20,21)(H,22,23)/b15-14-. The van der Waals surface area contributed by atoms with E-state index < -0.39 is 11.9 Å². The number of fused-ring (bicyclic) bond motifs is 2. The van der Waals surface area contributed by atoms with Gasteiger partial charge in [0, 0.05) is 0 Å². The molecule has 8 nitrogen and oxygen atoms in total. The van der Waals surface area contributed by atoms with E-state index in [9.17, 15) is 19.8 Å². The number of rotatable bonds is 4. The fraction of sp³-hybridized carbons (Fsp3) is 0.0588. The van der Waals surface area contributed by atoms with E-state index in [1.165, 1.54) is 24.3 Å². The summed E-state index contributed by atoms with van der Waals surface area (Å²) < 4.78 is 18.6. The summed E-state index contributed by atoms with van der Waals surface area (Å²) in [6.07, 6.45) is 0. The van der Waals surface area contributed by atoms with Gasteiger partial charge in [-0.2, -0.15) is 8.75 Å². The van der Waals surface area contributed by atoms with E-state index in [0.29, 0.717) is 22.5 Å². The van der Waals surface area contributed by atoms with Gasteiger partial charge in [-0.1, -0.05) is 12.1 Å². The van der Waals surface area contributed by atoms with Crippen molar-refractivity contribution in [3.05, 3.63) is 47.5 Å². The summed E-state index contributed by atoms with van der Waals surface area (Å²) in [5.74, 6) is -1.88. The van der Waals surface area contributed by atoms with Crippen LogP contribution in [0, 0.1) is 0 Å². The van der Waals surface area contributed by atoms with Gasteiger partial charge in [-0.05, 0) is 35.4 Å². The van der Waals surface area contributed by atoms with Crippen LogP contribution >= 0.6 is 11.7 Å². The van der Waals surface area contributed by atoms with Crippen molar-refractivity contribution < 1.29 is 29.3 Å². The summed E-state index contributed by atoms with van der Waals surface area (Å²) in [6, 6.07) is 9.13. The molecular formula is C17H10N2O6S. The lowest BCUT2D eigenvalue weighted by Gasteiger charge is -2.10. The lowest BCUT2D eigenvalue weighted by atomic mass is 9.94. The summed E-state index contributed by atoms with van der Waals surface area (Å²) in [4.78, 5) is 23.8. The van der Waals surface area contributed by atoms with E-state index in [1.807, 2.05) is 0 Å². The van der Waals surface area contributed by atoms with Crippen LogP contribution in [-0.2, 0) is 9.59 Å². The quantitative estimate of drug-likeness (QED) is 0.531. The molecule has 0 spiro atoms. The number of aromatic nitrogens is 2. The second-order valence-electron chi connectivity index (χ2n) is 5.40. The maximum atomic E-state index is 11.9. The molecule has 1 aromatic heterocycles. The fourth-order valence-corrected chi connectivity index (χ4v) is 3.26. The molecule has 0 saturated heterocycles. The first-order valence-corrected chi connectivity index (χ1v) is 8.11. The molecule has 0 radical (unpaired) electrons. The van der Waals surface area contributed by atoms with E-state index in [1.54, 1.807) is 12.1 Å². The van der Waals surface area contributed by atoms with Crippen molar-refractivity contribution in [2.45, 2.75) is 0 Å². The van der Waals surface area contributed by atoms with Crippen LogP contribution in [-0.4, -0.2) is 37.7 Å². The van der Waals surface area contributed by atoms with Crippen LogP contribution < -0.4 is 9.47 Å². The third-order valence-corrected chi connectivity index (χ3v) is 4.44. The number of carbonyl (C=O) groups is 2. The van der Waals surface area contributed by atoms with Crippen LogP contribution in [0.3, 0.4) is 0 Å². The highest BCUT2D eigenvalue weighted by Crippen LogP contribution is 2.37. The van der Waals surface area contributed by atoms with Crippen LogP contribution in [0.2, 0.25) is 0 Å². The smallest absolute Gasteiger partial charge is 0.337 e. The highest BCUT2D eigenvalue weighted by atomic mass is 32.1. The Labute approximate surface area is 150 Å². The van der Waals surface area contributed by atoms with Gasteiger partial charge in [0.15, 0.2) is 11.5 Å². The van der Waals surface area contributed by atoms with Gasteiger partial charge in [-0.25, -0.2) is 9.59 Å². The lowest BCUT2D eigenvalue weighted by Crippen LogP contribution is -2.10. The number of aliphatic carboxylic acids is 2. The van der Waals surface area contributed by atoms with Crippen LogP contribution in [0.15, 0.2) is 36.4 Å². The van der Waals surface area contributed by atoms with E-state index in [2.05, 4.69) is 8.75 Å². The molecule has 1 aliphatic rings. The number of hydrogen-bond acceptors (Lipinski definition) is 7. The van der Waals surface area contributed by atoms with Gasteiger partial charge in [0.05, 0.1) is 22.9 Å². The van der Waals surface area contributed by atoms with Crippen LogP contribution in [0.1, 0.15) is 11.1 Å². The summed E-state index contributed by atoms with van der Waals surface area (Å²) in [5, 5.41) is 19.4. The topological polar surface area (TPSA) is 119 Å². The molecule has 2 N–H and O–H groups in total. The first-order valence-electron chi connectivity index (χ1n) is 7.38. The molecular weight excluding hydrogens is 360 g/mol. The number of nitrogens with zero attached hydrogens (tertiary/aromatic N) is 2. The van der Waals surface area contributed by atoms with E-state index >= 15 is 0 Å². The maximum Gasteiger partial charge on any atom is 0.337 e. The predicted molar refractivity (Wildman–Crippen MR) is 92.1 cm³/mol. The van der Waals surface area contributed by atoms with Crippen molar-refractivity contribution in [2.75, 3.05) is 6.79 Å². The molecule has 0 bridgehead atoms. The largest absolute Gasteiger partial charge is 0.478 e. The molecule has 4 rings (SSSR count). The van der Waals surface area contributed by atoms with Gasteiger partial charge in [-0.15, -0.1) is 0 Å². The van der Waals surface area contributed by atoms with Gasteiger partial charge in [-0.3, -0.25) is 0 Å². The minimum atomic E-state index is -1.36. The zero-order valence-corrected chi connectivity index (χ0v) is 13.8. The first kappa shape index (κ1) is 16.0. The Morgan fingerprint density at radius 1 is 0.846 bits per heavy atom. The van der Waals surface area contributed by atoms with Crippen LogP contribution in [0.25, 0.3) is 22.2 Å². The Morgan fingerprint density at radius 3 is 2.19 bits per heavy atom. The molecule has 3 aromatic rings. The van der Waals surface area contributed by atoms with Gasteiger partial charge in [0.1, 0.15) is 11.0 Å². The average Bonchev–Trinajstić information content (AvgIpc) is 3.26. The molecule has 2 heterocycles. The van der Waals surface area contributed by atoms with E-state index in [-0.39, 0.29) is 29.1 Å². The second-order valence-corrected chi connectivity index (χ2v) is 5.92. The highest BCUT2D eigenvalue weighted by Gasteiger charge is 2.26. The van der Waals surface area contributed by atoms with Crippen molar-refractivity contribution in [1.82, 2.24) is 8.75 Å². The van der Waals surface area contributed by atoms with Crippen molar-refractivity contribution in [1.29, 1.82) is 0 Å². The number of benzene rings is 2. The third-order valence-electron chi connectivity index (χ3n) is 3.88. The Balaban J connectivity index is 1.95. The van der Waals surface area contributed by atoms with Crippen molar-refractivity contribution in [3.8, 4) is 11.5 Å². The summed E-state index contributed by atoms with van der Waals surface area (Å²) in [6.45, 7) is 0.0319. The molecule has 9 heteroatoms. The van der Waals surface area contributed by atoms with Crippen molar-refractivity contribution in [2.24, 2.45) is 0 Å². The molecule has 26 heavy (non-hydrogen) atoms. The minimum Gasteiger partial charge on any atom is -0.478 e. The maximum absolute atomic E-state index is 11.9.